The van der Waals surface area contributed by atoms with E-state index in [2.05, 4.69) is 37.9 Å². The van der Waals surface area contributed by atoms with Crippen molar-refractivity contribution < 1.29 is 19.0 Å². The summed E-state index contributed by atoms with van der Waals surface area (Å²) in [5, 5.41) is 10.3. The molecule has 1 fully saturated rings. The van der Waals surface area contributed by atoms with Gasteiger partial charge in [-0.3, -0.25) is 4.79 Å². The zero-order chi connectivity index (χ0) is 21.2. The molecule has 8 nitrogen and oxygen atoms in total. The number of carbonyl (C=O) groups is 1. The molecular weight excluding hydrogens is 384 g/mol. The van der Waals surface area contributed by atoms with Crippen molar-refractivity contribution in [2.45, 2.75) is 45.0 Å². The minimum atomic E-state index is -0.227. The first-order valence-electron chi connectivity index (χ1n) is 10.4. The first-order chi connectivity index (χ1) is 14.7. The Kier molecular flexibility index (Phi) is 8.55. The van der Waals surface area contributed by atoms with Crippen molar-refractivity contribution in [1.82, 2.24) is 15.6 Å². The molecule has 0 amide bonds. The Morgan fingerprint density at radius 2 is 2.20 bits per heavy atom. The van der Waals surface area contributed by atoms with Gasteiger partial charge < -0.3 is 19.6 Å². The monoisotopic (exact) mass is 414 g/mol. The summed E-state index contributed by atoms with van der Waals surface area (Å²) in [5.74, 6) is 0.766. The Hall–Kier alpha value is -2.55. The van der Waals surface area contributed by atoms with E-state index in [0.29, 0.717) is 25.4 Å². The quantitative estimate of drug-likeness (QED) is 0.265. The van der Waals surface area contributed by atoms with Crippen LogP contribution in [0.4, 0.5) is 5.82 Å². The van der Waals surface area contributed by atoms with Crippen molar-refractivity contribution in [1.29, 1.82) is 0 Å². The number of nitrogens with zero attached hydrogens (tertiary/aromatic N) is 2. The molecule has 0 aliphatic carbocycles. The van der Waals surface area contributed by atoms with Gasteiger partial charge in [0, 0.05) is 29.7 Å². The van der Waals surface area contributed by atoms with E-state index in [1.807, 2.05) is 31.2 Å². The van der Waals surface area contributed by atoms with Gasteiger partial charge in [0.2, 0.25) is 0 Å². The predicted octanol–water partition coefficient (Wildman–Crippen LogP) is 3.21. The van der Waals surface area contributed by atoms with Gasteiger partial charge >= 0.3 is 5.97 Å². The zero-order valence-corrected chi connectivity index (χ0v) is 17.5. The van der Waals surface area contributed by atoms with E-state index in [-0.39, 0.29) is 24.3 Å². The third-order valence-electron chi connectivity index (χ3n) is 5.10. The van der Waals surface area contributed by atoms with Crippen LogP contribution in [0.1, 0.15) is 32.6 Å². The van der Waals surface area contributed by atoms with E-state index in [0.717, 1.165) is 30.0 Å². The SMILES string of the molecule is COC(=O)CCCC=CC[C@H]1CO[C@@H](C)O[C@H]1CNNc1nncc2ccccc12. The molecule has 162 valence electrons. The summed E-state index contributed by atoms with van der Waals surface area (Å²) in [4.78, 5) is 11.1. The molecule has 0 unspecified atom stereocenters. The molecule has 0 bridgehead atoms. The van der Waals surface area contributed by atoms with Crippen LogP contribution in [0.2, 0.25) is 0 Å². The average molecular weight is 415 g/mol. The van der Waals surface area contributed by atoms with Crippen molar-refractivity contribution in [3.8, 4) is 0 Å². The maximum atomic E-state index is 11.1. The number of carbonyl (C=O) groups excluding carboxylic acids is 1. The third kappa shape index (κ3) is 6.48. The van der Waals surface area contributed by atoms with Crippen molar-refractivity contribution in [2.75, 3.05) is 25.7 Å². The Labute approximate surface area is 177 Å². The van der Waals surface area contributed by atoms with Crippen LogP contribution in [0.3, 0.4) is 0 Å². The fourth-order valence-electron chi connectivity index (χ4n) is 3.41. The van der Waals surface area contributed by atoms with Gasteiger partial charge in [-0.1, -0.05) is 36.4 Å². The maximum Gasteiger partial charge on any atom is 0.305 e. The van der Waals surface area contributed by atoms with E-state index in [1.54, 1.807) is 6.20 Å². The Morgan fingerprint density at radius 3 is 3.07 bits per heavy atom. The number of benzene rings is 1. The largest absolute Gasteiger partial charge is 0.469 e. The van der Waals surface area contributed by atoms with Gasteiger partial charge in [0.15, 0.2) is 12.1 Å². The van der Waals surface area contributed by atoms with Crippen LogP contribution >= 0.6 is 0 Å². The van der Waals surface area contributed by atoms with Crippen LogP contribution in [0.25, 0.3) is 10.8 Å². The summed E-state index contributed by atoms with van der Waals surface area (Å²) in [7, 11) is 1.41. The molecule has 2 N–H and O–H groups in total. The smallest absolute Gasteiger partial charge is 0.305 e. The molecule has 1 saturated heterocycles. The van der Waals surface area contributed by atoms with Crippen LogP contribution in [-0.4, -0.2) is 48.8 Å². The van der Waals surface area contributed by atoms with Crippen LogP contribution in [0, 0.1) is 5.92 Å². The molecule has 1 aliphatic rings. The van der Waals surface area contributed by atoms with E-state index in [1.165, 1.54) is 7.11 Å². The van der Waals surface area contributed by atoms with Crippen molar-refractivity contribution >= 4 is 22.6 Å². The first-order valence-corrected chi connectivity index (χ1v) is 10.4. The van der Waals surface area contributed by atoms with Crippen molar-refractivity contribution in [3.63, 3.8) is 0 Å². The molecule has 1 aliphatic heterocycles. The third-order valence-corrected chi connectivity index (χ3v) is 5.10. The number of anilines is 1. The number of esters is 1. The molecule has 2 aromatic rings. The lowest BCUT2D eigenvalue weighted by Crippen LogP contribution is -2.45. The summed E-state index contributed by atoms with van der Waals surface area (Å²) in [5.41, 5.74) is 6.40. The second-order valence-electron chi connectivity index (χ2n) is 7.30. The van der Waals surface area contributed by atoms with E-state index in [4.69, 9.17) is 9.47 Å². The number of aromatic nitrogens is 2. The summed E-state index contributed by atoms with van der Waals surface area (Å²) in [6, 6.07) is 7.97. The molecule has 0 radical (unpaired) electrons. The standard InChI is InChI=1S/C22H30N4O4/c1-16-29-15-18(10-5-3-4-6-12-21(27)28-2)20(30-16)14-24-26-22-19-11-8-7-9-17(19)13-23-25-22/h3,5,7-9,11,13,16,18,20,24H,4,6,10,12,14-15H2,1-2H3,(H,25,26)/t16-,18+,20+/m1/s1. The van der Waals surface area contributed by atoms with E-state index >= 15 is 0 Å². The molecule has 3 rings (SSSR count). The lowest BCUT2D eigenvalue weighted by molar-refractivity contribution is -0.225. The van der Waals surface area contributed by atoms with Gasteiger partial charge in [0.1, 0.15) is 0 Å². The highest BCUT2D eigenvalue weighted by Gasteiger charge is 2.29. The zero-order valence-electron chi connectivity index (χ0n) is 17.5. The Balaban J connectivity index is 1.48. The van der Waals surface area contributed by atoms with Gasteiger partial charge in [-0.2, -0.15) is 5.10 Å². The predicted molar refractivity (Wildman–Crippen MR) is 115 cm³/mol. The highest BCUT2D eigenvalue weighted by molar-refractivity contribution is 5.90. The lowest BCUT2D eigenvalue weighted by Gasteiger charge is -2.35. The molecule has 30 heavy (non-hydrogen) atoms. The lowest BCUT2D eigenvalue weighted by atomic mass is 9.97. The number of fused-ring (bicyclic) bond motifs is 1. The topological polar surface area (TPSA) is 94.6 Å². The van der Waals surface area contributed by atoms with E-state index in [9.17, 15) is 4.79 Å². The van der Waals surface area contributed by atoms with Crippen LogP contribution in [0.15, 0.2) is 42.6 Å². The number of hydrogen-bond donors (Lipinski definition) is 2. The number of rotatable bonds is 10. The summed E-state index contributed by atoms with van der Waals surface area (Å²) in [6.07, 6.45) is 8.71. The van der Waals surface area contributed by atoms with Crippen LogP contribution in [0.5, 0.6) is 0 Å². The number of allylic oxidation sites excluding steroid dienone is 2. The molecule has 1 aromatic heterocycles. The molecule has 3 atom stereocenters. The minimum absolute atomic E-state index is 0.00362. The summed E-state index contributed by atoms with van der Waals surface area (Å²) in [6.45, 7) is 3.17. The fourth-order valence-corrected chi connectivity index (χ4v) is 3.41. The molecule has 0 saturated carbocycles. The van der Waals surface area contributed by atoms with Gasteiger partial charge in [-0.25, -0.2) is 5.43 Å². The number of hydrazine groups is 1. The minimum Gasteiger partial charge on any atom is -0.469 e. The summed E-state index contributed by atoms with van der Waals surface area (Å²) < 4.78 is 16.3. The Bertz CT molecular complexity index is 840. The fraction of sp³-hybridized carbons (Fsp3) is 0.500. The number of ether oxygens (including phenoxy) is 3. The second-order valence-corrected chi connectivity index (χ2v) is 7.30. The number of methoxy groups -OCH3 is 1. The molecule has 1 aromatic carbocycles. The number of unbranched alkanes of at least 4 members (excludes halogenated alkanes) is 1. The van der Waals surface area contributed by atoms with Crippen molar-refractivity contribution in [3.05, 3.63) is 42.6 Å². The molecular formula is C22H30N4O4. The van der Waals surface area contributed by atoms with Gasteiger partial charge in [0.25, 0.3) is 0 Å². The van der Waals surface area contributed by atoms with Gasteiger partial charge in [-0.05, 0) is 26.2 Å². The maximum absolute atomic E-state index is 11.1. The summed E-state index contributed by atoms with van der Waals surface area (Å²) >= 11 is 0. The average Bonchev–Trinajstić information content (AvgIpc) is 2.77. The molecule has 0 spiro atoms. The first kappa shape index (κ1) is 22.1. The van der Waals surface area contributed by atoms with Crippen LogP contribution < -0.4 is 10.9 Å². The number of nitrogens with one attached hydrogen (secondary N) is 2. The van der Waals surface area contributed by atoms with Gasteiger partial charge in [0.05, 0.1) is 26.0 Å². The highest BCUT2D eigenvalue weighted by Crippen LogP contribution is 2.23. The van der Waals surface area contributed by atoms with Crippen LogP contribution in [-0.2, 0) is 19.0 Å². The van der Waals surface area contributed by atoms with Gasteiger partial charge in [-0.15, -0.1) is 5.10 Å². The normalized spacial score (nSPS) is 21.7. The second kappa shape index (κ2) is 11.6. The van der Waals surface area contributed by atoms with Crippen molar-refractivity contribution in [2.24, 2.45) is 5.92 Å². The molecule has 8 heteroatoms. The highest BCUT2D eigenvalue weighted by atomic mass is 16.7. The number of hydrogen-bond acceptors (Lipinski definition) is 8. The van der Waals surface area contributed by atoms with E-state index < -0.39 is 0 Å². The molecule has 2 heterocycles. The Morgan fingerprint density at radius 1 is 1.33 bits per heavy atom.